The molecule has 0 aliphatic carbocycles. The van der Waals surface area contributed by atoms with Crippen LogP contribution in [-0.4, -0.2) is 63.1 Å². The van der Waals surface area contributed by atoms with E-state index in [1.807, 2.05) is 32.4 Å². The van der Waals surface area contributed by atoms with E-state index in [1.54, 1.807) is 67.0 Å². The van der Waals surface area contributed by atoms with E-state index in [2.05, 4.69) is 30.2 Å². The zero-order chi connectivity index (χ0) is 47.0. The number of carbonyl (C=O) groups excluding carboxylic acids is 2. The Kier molecular flexibility index (Phi) is 17.8. The Labute approximate surface area is 370 Å². The van der Waals surface area contributed by atoms with Gasteiger partial charge in [-0.1, -0.05) is 39.8 Å². The molecule has 0 atom stereocenters. The zero-order valence-electron chi connectivity index (χ0n) is 35.6. The molecule has 0 saturated heterocycles. The highest BCUT2D eigenvalue weighted by Crippen LogP contribution is 2.39. The number of rotatable bonds is 13. The number of isocyanates is 1. The van der Waals surface area contributed by atoms with E-state index >= 15 is 0 Å². The number of pyridine rings is 4. The Morgan fingerprint density at radius 1 is 0.734 bits per heavy atom. The van der Waals surface area contributed by atoms with Crippen molar-refractivity contribution in [3.05, 3.63) is 144 Å². The van der Waals surface area contributed by atoms with Crippen LogP contribution in [0.25, 0.3) is 22.3 Å². The molecule has 4 N–H and O–H groups in total. The van der Waals surface area contributed by atoms with Gasteiger partial charge in [0, 0.05) is 60.4 Å². The fourth-order valence-electron chi connectivity index (χ4n) is 6.01. The molecular weight excluding hydrogens is 871 g/mol. The molecule has 20 heteroatoms. The lowest BCUT2D eigenvalue weighted by Crippen LogP contribution is -2.35. The average Bonchev–Trinajstić information content (AvgIpc) is 3.24. The number of hydrogen-bond acceptors (Lipinski definition) is 13. The number of halogens is 2. The normalized spacial score (nSPS) is 11.0. The molecule has 0 bridgehead atoms. The van der Waals surface area contributed by atoms with Crippen molar-refractivity contribution in [2.24, 2.45) is 10.1 Å². The lowest BCUT2D eigenvalue weighted by atomic mass is 9.94. The smallest absolute Gasteiger partial charge is 0.332 e. The van der Waals surface area contributed by atoms with Crippen LogP contribution in [-0.2, 0) is 36.3 Å². The molecule has 6 aromatic rings. The van der Waals surface area contributed by atoms with E-state index < -0.39 is 37.6 Å². The van der Waals surface area contributed by atoms with E-state index in [9.17, 15) is 35.2 Å². The maximum Gasteiger partial charge on any atom is 0.332 e. The summed E-state index contributed by atoms with van der Waals surface area (Å²) in [5.74, 6) is -0.852. The van der Waals surface area contributed by atoms with Gasteiger partial charge in [-0.05, 0) is 93.7 Å². The van der Waals surface area contributed by atoms with E-state index in [1.165, 1.54) is 63.3 Å². The van der Waals surface area contributed by atoms with Crippen LogP contribution in [0.3, 0.4) is 0 Å². The molecule has 2 aromatic carbocycles. The topological polar surface area (TPSA) is 235 Å². The summed E-state index contributed by atoms with van der Waals surface area (Å²) in [4.78, 5) is 42.8. The summed E-state index contributed by atoms with van der Waals surface area (Å²) in [7, 11) is -4.45. The van der Waals surface area contributed by atoms with Crippen molar-refractivity contribution in [1.29, 1.82) is 0 Å². The predicted molar refractivity (Wildman–Crippen MR) is 238 cm³/mol. The lowest BCUT2D eigenvalue weighted by Gasteiger charge is -2.19. The minimum absolute atomic E-state index is 0.0234. The number of nitrogens with one attached hydrogen (secondary N) is 2. The molecule has 2 amide bonds. The number of benzene rings is 2. The fraction of sp³-hybridized carbons (Fsp3) is 0.227. The van der Waals surface area contributed by atoms with Crippen molar-refractivity contribution in [3.63, 3.8) is 0 Å². The van der Waals surface area contributed by atoms with Crippen LogP contribution in [0.4, 0.5) is 25.0 Å². The first-order valence-corrected chi connectivity index (χ1v) is 22.5. The van der Waals surface area contributed by atoms with Gasteiger partial charge in [0.1, 0.15) is 11.6 Å². The maximum absolute atomic E-state index is 14.4. The molecule has 0 spiro atoms. The van der Waals surface area contributed by atoms with Gasteiger partial charge in [0.25, 0.3) is 0 Å². The van der Waals surface area contributed by atoms with Gasteiger partial charge in [-0.15, -0.1) is 0 Å². The van der Waals surface area contributed by atoms with Crippen LogP contribution < -0.4 is 24.7 Å². The Balaban J connectivity index is 0.000000239. The van der Waals surface area contributed by atoms with Crippen LogP contribution >= 0.6 is 0 Å². The summed E-state index contributed by atoms with van der Waals surface area (Å²) >= 11 is 0. The van der Waals surface area contributed by atoms with Gasteiger partial charge in [0.05, 0.1) is 37.1 Å². The van der Waals surface area contributed by atoms with Gasteiger partial charge >= 0.3 is 6.03 Å². The number of primary sulfonamides is 1. The second kappa shape index (κ2) is 22.9. The van der Waals surface area contributed by atoms with E-state index in [4.69, 9.17) is 14.6 Å². The molecule has 0 aliphatic rings. The van der Waals surface area contributed by atoms with Crippen molar-refractivity contribution < 1.29 is 44.7 Å². The maximum atomic E-state index is 14.4. The number of anilines is 1. The molecule has 0 fully saturated rings. The minimum atomic E-state index is -3.99. The number of aromatic nitrogens is 4. The Hall–Kier alpha value is -6.99. The van der Waals surface area contributed by atoms with Crippen molar-refractivity contribution in [1.82, 2.24) is 24.7 Å². The first-order chi connectivity index (χ1) is 30.3. The summed E-state index contributed by atoms with van der Waals surface area (Å²) in [6.45, 7) is 7.51. The molecule has 0 unspecified atom stereocenters. The molecule has 6 rings (SSSR count). The van der Waals surface area contributed by atoms with Crippen LogP contribution in [0.2, 0.25) is 0 Å². The summed E-state index contributed by atoms with van der Waals surface area (Å²) < 4.78 is 86.5. The number of aliphatic imine (C=N–C) groups is 1. The molecule has 0 aliphatic heterocycles. The fourth-order valence-corrected chi connectivity index (χ4v) is 7.66. The Morgan fingerprint density at radius 2 is 1.23 bits per heavy atom. The third kappa shape index (κ3) is 15.1. The van der Waals surface area contributed by atoms with Gasteiger partial charge < -0.3 is 14.8 Å². The Morgan fingerprint density at radius 3 is 1.70 bits per heavy atom. The molecule has 64 heavy (non-hydrogen) atoms. The molecule has 0 saturated carbocycles. The van der Waals surface area contributed by atoms with Gasteiger partial charge in [-0.2, -0.15) is 4.99 Å². The van der Waals surface area contributed by atoms with Gasteiger partial charge in [-0.25, -0.2) is 55.0 Å². The number of nitrogens with two attached hydrogens (primary N) is 1. The number of methoxy groups -OCH3 is 2. The van der Waals surface area contributed by atoms with Crippen molar-refractivity contribution in [3.8, 4) is 34.0 Å². The third-order valence-corrected chi connectivity index (χ3v) is 10.8. The van der Waals surface area contributed by atoms with Crippen molar-refractivity contribution >= 4 is 43.5 Å². The summed E-state index contributed by atoms with van der Waals surface area (Å²) in [5, 5.41) is 7.40. The monoisotopic (exact) mass is 916 g/mol. The largest absolute Gasteiger partial charge is 0.481 e. The SMILES string of the molecule is COc1cc(-c2cc(F)cc(C(C)C)c2N=C=O)ccn1.COc1cc(-c2cc(F)cc(C(C)C)c2NC(=O)NS(=O)(=O)Cc2cccnc2)ccn1.NS(=O)(=O)Cc1cccnc1. The van der Waals surface area contributed by atoms with Crippen LogP contribution in [0.15, 0.2) is 115 Å². The van der Waals surface area contributed by atoms with E-state index in [0.29, 0.717) is 67.6 Å². The highest BCUT2D eigenvalue weighted by atomic mass is 32.2. The summed E-state index contributed by atoms with van der Waals surface area (Å²) in [6, 6.07) is 17.5. The first-order valence-electron chi connectivity index (χ1n) is 19.2. The number of carbonyl (C=O) groups is 1. The molecule has 0 radical (unpaired) electrons. The highest BCUT2D eigenvalue weighted by molar-refractivity contribution is 7.89. The van der Waals surface area contributed by atoms with Gasteiger partial charge in [0.15, 0.2) is 0 Å². The summed E-state index contributed by atoms with van der Waals surface area (Å²) in [6.07, 6.45) is 10.6. The average molecular weight is 917 g/mol. The number of sulfonamides is 2. The predicted octanol–water partition coefficient (Wildman–Crippen LogP) is 7.92. The number of hydrogen-bond donors (Lipinski definition) is 3. The Bertz CT molecular complexity index is 2810. The second-order valence-electron chi connectivity index (χ2n) is 14.3. The van der Waals surface area contributed by atoms with E-state index in [-0.39, 0.29) is 23.4 Å². The van der Waals surface area contributed by atoms with Gasteiger partial charge in [0.2, 0.25) is 37.9 Å². The lowest BCUT2D eigenvalue weighted by molar-refractivity contribution is 0.256. The molecular formula is C44H46F2N8O8S2. The number of urea groups is 1. The molecule has 336 valence electrons. The standard InChI is InChI=1S/C22H23FN4O4S.C16H15FN2O2.C6H8N2O2S/c1-14(2)18-10-17(23)11-19(16-6-8-25-20(9-16)31-3)21(18)26-22(28)27-32(29,30)13-15-5-4-7-24-12-15;1-10(2)13-7-12(17)8-14(16(13)19-9-20)11-4-5-18-15(6-11)21-3;7-11(9,10)5-6-2-1-3-8-4-6/h4-12,14H,13H2,1-3H3,(H2,26,27,28);4-8,10H,1-3H3;1-4H,5H2,(H2,7,9,10). The number of nitrogens with zero attached hydrogens (tertiary/aromatic N) is 5. The van der Waals surface area contributed by atoms with Gasteiger partial charge in [-0.3, -0.25) is 9.97 Å². The number of amides is 2. The highest BCUT2D eigenvalue weighted by Gasteiger charge is 2.22. The minimum Gasteiger partial charge on any atom is -0.481 e. The van der Waals surface area contributed by atoms with E-state index in [0.717, 1.165) is 0 Å². The first kappa shape index (κ1) is 49.7. The summed E-state index contributed by atoms with van der Waals surface area (Å²) in [5.41, 5.74) is 5.04. The van der Waals surface area contributed by atoms with Crippen molar-refractivity contribution in [2.45, 2.75) is 51.0 Å². The second-order valence-corrected chi connectivity index (χ2v) is 17.7. The molecule has 4 heterocycles. The molecule has 16 nitrogen and oxygen atoms in total. The van der Waals surface area contributed by atoms with Crippen LogP contribution in [0.5, 0.6) is 11.8 Å². The van der Waals surface area contributed by atoms with Crippen LogP contribution in [0.1, 0.15) is 61.8 Å². The third-order valence-electron chi connectivity index (χ3n) is 8.81. The van der Waals surface area contributed by atoms with Crippen LogP contribution in [0, 0.1) is 11.6 Å². The number of ether oxygens (including phenoxy) is 2. The van der Waals surface area contributed by atoms with Crippen molar-refractivity contribution in [2.75, 3.05) is 19.5 Å². The quantitative estimate of drug-likeness (QED) is 0.0740. The zero-order valence-corrected chi connectivity index (χ0v) is 37.2. The molecule has 4 aromatic heterocycles.